The fraction of sp³-hybridized carbons (Fsp3) is 0.208. The molecule has 0 saturated heterocycles. The molecule has 0 saturated carbocycles. The van der Waals surface area contributed by atoms with Crippen LogP contribution in [0.3, 0.4) is 0 Å². The third kappa shape index (κ3) is 4.07. The maximum absolute atomic E-state index is 12.9. The van der Waals surface area contributed by atoms with Crippen molar-refractivity contribution in [3.63, 3.8) is 0 Å². The van der Waals surface area contributed by atoms with Crippen LogP contribution in [0.25, 0.3) is 5.65 Å². The number of pyridine rings is 2. The van der Waals surface area contributed by atoms with E-state index >= 15 is 0 Å². The van der Waals surface area contributed by atoms with E-state index in [1.165, 1.54) is 0 Å². The van der Waals surface area contributed by atoms with Crippen LogP contribution in [-0.4, -0.2) is 33.6 Å². The molecule has 0 unspecified atom stereocenters. The molecule has 1 N–H and O–H groups in total. The monoisotopic (exact) mass is 414 g/mol. The van der Waals surface area contributed by atoms with Crippen LogP contribution in [-0.2, 0) is 11.2 Å². The second kappa shape index (κ2) is 8.47. The molecule has 1 aliphatic rings. The van der Waals surface area contributed by atoms with Gasteiger partial charge in [0.15, 0.2) is 11.5 Å². The number of nitrogens with one attached hydrogen (secondary N) is 1. The van der Waals surface area contributed by atoms with Crippen molar-refractivity contribution in [2.24, 2.45) is 0 Å². The van der Waals surface area contributed by atoms with E-state index in [2.05, 4.69) is 15.3 Å². The van der Waals surface area contributed by atoms with Crippen LogP contribution < -0.4 is 14.8 Å². The Morgan fingerprint density at radius 1 is 1.06 bits per heavy atom. The lowest BCUT2D eigenvalue weighted by atomic mass is 9.92. The van der Waals surface area contributed by atoms with Gasteiger partial charge >= 0.3 is 0 Å². The van der Waals surface area contributed by atoms with Gasteiger partial charge < -0.3 is 19.2 Å². The standard InChI is InChI=1S/C24H22N4O3/c29-24(26-11-9-18-5-1-3-10-25-18)14-19(17-7-8-21-22(13-17)31-16-30-21)20-15-27-23-6-2-4-12-28(20)23/h1-8,10,12-13,15,19H,9,11,14,16H2,(H,26,29)/t19-/m0/s1. The summed E-state index contributed by atoms with van der Waals surface area (Å²) in [5, 5.41) is 3.03. The summed E-state index contributed by atoms with van der Waals surface area (Å²) in [5.41, 5.74) is 3.74. The van der Waals surface area contributed by atoms with E-state index in [9.17, 15) is 4.79 Å². The molecule has 7 nitrogen and oxygen atoms in total. The van der Waals surface area contributed by atoms with Gasteiger partial charge in [0, 0.05) is 49.6 Å². The van der Waals surface area contributed by atoms with Gasteiger partial charge in [-0.15, -0.1) is 0 Å². The van der Waals surface area contributed by atoms with Crippen molar-refractivity contribution in [1.82, 2.24) is 19.7 Å². The van der Waals surface area contributed by atoms with Crippen LogP contribution >= 0.6 is 0 Å². The van der Waals surface area contributed by atoms with Crippen molar-refractivity contribution < 1.29 is 14.3 Å². The number of amides is 1. The highest BCUT2D eigenvalue weighted by Gasteiger charge is 2.24. The van der Waals surface area contributed by atoms with Crippen molar-refractivity contribution in [1.29, 1.82) is 0 Å². The second-order valence-corrected chi connectivity index (χ2v) is 7.40. The maximum Gasteiger partial charge on any atom is 0.231 e. The average molecular weight is 414 g/mol. The van der Waals surface area contributed by atoms with Crippen molar-refractivity contribution in [3.05, 3.63) is 90.1 Å². The van der Waals surface area contributed by atoms with Crippen LogP contribution in [0.1, 0.15) is 29.3 Å². The molecule has 4 aromatic rings. The van der Waals surface area contributed by atoms with Gasteiger partial charge in [0.25, 0.3) is 0 Å². The van der Waals surface area contributed by atoms with Crippen LogP contribution in [0.15, 0.2) is 73.2 Å². The number of ether oxygens (including phenoxy) is 2. The second-order valence-electron chi connectivity index (χ2n) is 7.40. The number of fused-ring (bicyclic) bond motifs is 2. The molecule has 1 amide bonds. The summed E-state index contributed by atoms with van der Waals surface area (Å²) in [7, 11) is 0. The minimum atomic E-state index is -0.179. The lowest BCUT2D eigenvalue weighted by Crippen LogP contribution is -2.27. The van der Waals surface area contributed by atoms with Gasteiger partial charge in [-0.05, 0) is 42.0 Å². The molecular weight excluding hydrogens is 392 g/mol. The van der Waals surface area contributed by atoms with Crippen molar-refractivity contribution in [2.45, 2.75) is 18.8 Å². The molecule has 0 fully saturated rings. The number of hydrogen-bond acceptors (Lipinski definition) is 5. The molecule has 1 atom stereocenters. The van der Waals surface area contributed by atoms with Gasteiger partial charge in [-0.2, -0.15) is 0 Å². The topological polar surface area (TPSA) is 77.8 Å². The highest BCUT2D eigenvalue weighted by atomic mass is 16.7. The van der Waals surface area contributed by atoms with Gasteiger partial charge in [0.05, 0.1) is 5.69 Å². The summed E-state index contributed by atoms with van der Waals surface area (Å²) in [6.07, 6.45) is 6.56. The molecule has 0 bridgehead atoms. The first-order chi connectivity index (χ1) is 15.3. The first-order valence-electron chi connectivity index (χ1n) is 10.3. The minimum Gasteiger partial charge on any atom is -0.454 e. The Morgan fingerprint density at radius 2 is 1.97 bits per heavy atom. The Hall–Kier alpha value is -3.87. The highest BCUT2D eigenvalue weighted by molar-refractivity contribution is 5.77. The Morgan fingerprint density at radius 3 is 2.87 bits per heavy atom. The molecule has 7 heteroatoms. The molecule has 4 heterocycles. The normalized spacial score (nSPS) is 13.3. The van der Waals surface area contributed by atoms with Crippen LogP contribution in [0.4, 0.5) is 0 Å². The number of benzene rings is 1. The van der Waals surface area contributed by atoms with Crippen LogP contribution in [0.2, 0.25) is 0 Å². The number of aromatic nitrogens is 3. The zero-order valence-electron chi connectivity index (χ0n) is 16.9. The number of rotatable bonds is 7. The number of carbonyl (C=O) groups is 1. The van der Waals surface area contributed by atoms with E-state index in [1.54, 1.807) is 6.20 Å². The summed E-state index contributed by atoms with van der Waals surface area (Å²) in [6.45, 7) is 0.754. The van der Waals surface area contributed by atoms with E-state index in [1.807, 2.05) is 71.4 Å². The van der Waals surface area contributed by atoms with E-state index in [4.69, 9.17) is 9.47 Å². The maximum atomic E-state index is 12.9. The summed E-state index contributed by atoms with van der Waals surface area (Å²) >= 11 is 0. The van der Waals surface area contributed by atoms with Crippen LogP contribution in [0, 0.1) is 0 Å². The van der Waals surface area contributed by atoms with Crippen LogP contribution in [0.5, 0.6) is 11.5 Å². The Bertz CT molecular complexity index is 1210. The first kappa shape index (κ1) is 19.1. The molecule has 0 aliphatic carbocycles. The summed E-state index contributed by atoms with van der Waals surface area (Å²) in [5.74, 6) is 1.22. The lowest BCUT2D eigenvalue weighted by Gasteiger charge is -2.18. The molecule has 0 spiro atoms. The molecule has 1 aromatic carbocycles. The zero-order chi connectivity index (χ0) is 21.0. The average Bonchev–Trinajstić information content (AvgIpc) is 3.45. The first-order valence-corrected chi connectivity index (χ1v) is 10.3. The van der Waals surface area contributed by atoms with Gasteiger partial charge in [-0.3, -0.25) is 9.78 Å². The predicted octanol–water partition coefficient (Wildman–Crippen LogP) is 3.34. The van der Waals surface area contributed by atoms with Gasteiger partial charge in [0.2, 0.25) is 12.7 Å². The summed E-state index contributed by atoms with van der Waals surface area (Å²) < 4.78 is 13.0. The highest BCUT2D eigenvalue weighted by Crippen LogP contribution is 2.37. The Balaban J connectivity index is 1.38. The molecule has 156 valence electrons. The molecule has 31 heavy (non-hydrogen) atoms. The molecule has 1 aliphatic heterocycles. The molecule has 0 radical (unpaired) electrons. The Kier molecular flexibility index (Phi) is 5.22. The molecule has 3 aromatic heterocycles. The quantitative estimate of drug-likeness (QED) is 0.502. The number of hydrogen-bond donors (Lipinski definition) is 1. The van der Waals surface area contributed by atoms with Gasteiger partial charge in [0.1, 0.15) is 5.65 Å². The van der Waals surface area contributed by atoms with Crippen molar-refractivity contribution >= 4 is 11.6 Å². The SMILES string of the molecule is O=C(C[C@@H](c1ccc2c(c1)OCO2)c1cnc2ccccn12)NCCc1ccccn1. The molecule has 5 rings (SSSR count). The predicted molar refractivity (Wildman–Crippen MR) is 115 cm³/mol. The number of nitrogens with zero attached hydrogens (tertiary/aromatic N) is 3. The van der Waals surface area contributed by atoms with Gasteiger partial charge in [-0.1, -0.05) is 18.2 Å². The lowest BCUT2D eigenvalue weighted by molar-refractivity contribution is -0.121. The largest absolute Gasteiger partial charge is 0.454 e. The number of imidazole rings is 1. The summed E-state index contributed by atoms with van der Waals surface area (Å²) in [6, 6.07) is 17.5. The van der Waals surface area contributed by atoms with E-state index in [-0.39, 0.29) is 18.6 Å². The third-order valence-electron chi connectivity index (χ3n) is 5.42. The van der Waals surface area contributed by atoms with E-state index in [0.29, 0.717) is 25.1 Å². The van der Waals surface area contributed by atoms with Crippen molar-refractivity contribution in [2.75, 3.05) is 13.3 Å². The third-order valence-corrected chi connectivity index (χ3v) is 5.42. The van der Waals surface area contributed by atoms with E-state index < -0.39 is 0 Å². The number of carbonyl (C=O) groups excluding carboxylic acids is 1. The smallest absolute Gasteiger partial charge is 0.231 e. The van der Waals surface area contributed by atoms with Gasteiger partial charge in [-0.25, -0.2) is 4.98 Å². The summed E-state index contributed by atoms with van der Waals surface area (Å²) in [4.78, 5) is 21.7. The fourth-order valence-electron chi connectivity index (χ4n) is 3.87. The molecular formula is C24H22N4O3. The Labute approximate surface area is 179 Å². The van der Waals surface area contributed by atoms with Crippen molar-refractivity contribution in [3.8, 4) is 11.5 Å². The van der Waals surface area contributed by atoms with E-state index in [0.717, 1.165) is 28.3 Å². The minimum absolute atomic E-state index is 0.0236. The fourth-order valence-corrected chi connectivity index (χ4v) is 3.87. The zero-order valence-corrected chi connectivity index (χ0v) is 16.9.